The van der Waals surface area contributed by atoms with Crippen LogP contribution in [-0.2, 0) is 32.6 Å². The van der Waals surface area contributed by atoms with E-state index in [-0.39, 0.29) is 29.5 Å². The van der Waals surface area contributed by atoms with Gasteiger partial charge in [0.2, 0.25) is 11.8 Å². The maximum absolute atomic E-state index is 14.6. The van der Waals surface area contributed by atoms with Gasteiger partial charge in [0.15, 0.2) is 0 Å². The Morgan fingerprint density at radius 1 is 0.800 bits per heavy atom. The molecule has 0 spiro atoms. The first kappa shape index (κ1) is 36.5. The van der Waals surface area contributed by atoms with Crippen molar-refractivity contribution >= 4 is 50.7 Å². The summed E-state index contributed by atoms with van der Waals surface area (Å²) < 4.78 is 35.7. The topological polar surface area (TPSA) is 96.0 Å². The molecule has 5 aromatic rings. The Bertz CT molecular complexity index is 2010. The third-order valence-corrected chi connectivity index (χ3v) is 10.3. The normalized spacial score (nSPS) is 11.8. The van der Waals surface area contributed by atoms with E-state index >= 15 is 0 Å². The van der Waals surface area contributed by atoms with E-state index < -0.39 is 28.5 Å². The molecule has 0 heterocycles. The Labute approximate surface area is 303 Å². The second-order valence-corrected chi connectivity index (χ2v) is 14.3. The minimum atomic E-state index is -4.27. The van der Waals surface area contributed by atoms with Crippen LogP contribution in [-0.4, -0.2) is 44.3 Å². The van der Waals surface area contributed by atoms with Gasteiger partial charge in [-0.15, -0.1) is 0 Å². The first-order valence-electron chi connectivity index (χ1n) is 16.0. The van der Waals surface area contributed by atoms with Crippen LogP contribution in [0.2, 0.25) is 10.0 Å². The molecule has 0 bridgehead atoms. The van der Waals surface area contributed by atoms with E-state index in [0.29, 0.717) is 33.7 Å². The van der Waals surface area contributed by atoms with Gasteiger partial charge in [-0.05, 0) is 85.6 Å². The highest BCUT2D eigenvalue weighted by atomic mass is 35.5. The average Bonchev–Trinajstić information content (AvgIpc) is 3.11. The molecule has 50 heavy (non-hydrogen) atoms. The monoisotopic (exact) mass is 729 g/mol. The number of hydrogen-bond acceptors (Lipinski definition) is 5. The number of carbonyl (C=O) groups excluding carboxylic acids is 2. The average molecular weight is 731 g/mol. The molecule has 0 unspecified atom stereocenters. The van der Waals surface area contributed by atoms with Gasteiger partial charge in [0.25, 0.3) is 10.0 Å². The van der Waals surface area contributed by atoms with Gasteiger partial charge in [0.05, 0.1) is 10.6 Å². The second-order valence-electron chi connectivity index (χ2n) is 11.6. The van der Waals surface area contributed by atoms with Gasteiger partial charge in [-0.1, -0.05) is 95.5 Å². The molecule has 0 aromatic heterocycles. The Morgan fingerprint density at radius 3 is 2.04 bits per heavy atom. The number of carbonyl (C=O) groups is 2. The minimum Gasteiger partial charge on any atom is -0.457 e. The SMILES string of the molecule is CCNC(=O)[C@H](Cc1ccccc1)N(Cc1ccc(Cl)cc1Cl)C(=O)CN(c1ccc(Oc2ccccc2)cc1)S(=O)(=O)c1ccc(C)cc1. The van der Waals surface area contributed by atoms with Crippen molar-refractivity contribution < 1.29 is 22.7 Å². The van der Waals surface area contributed by atoms with Crippen LogP contribution in [0.4, 0.5) is 5.69 Å². The first-order chi connectivity index (χ1) is 24.0. The molecule has 2 amide bonds. The summed E-state index contributed by atoms with van der Waals surface area (Å²) in [6, 6.07) is 35.3. The molecular weight excluding hydrogens is 693 g/mol. The smallest absolute Gasteiger partial charge is 0.264 e. The number of likely N-dealkylation sites (N-methyl/N-ethyl adjacent to an activating group) is 1. The molecule has 1 N–H and O–H groups in total. The lowest BCUT2D eigenvalue weighted by Gasteiger charge is -2.34. The molecule has 0 saturated heterocycles. The van der Waals surface area contributed by atoms with Crippen LogP contribution in [0.5, 0.6) is 11.5 Å². The van der Waals surface area contributed by atoms with Gasteiger partial charge in [-0.3, -0.25) is 13.9 Å². The molecule has 0 saturated carbocycles. The summed E-state index contributed by atoms with van der Waals surface area (Å²) in [6.45, 7) is 3.30. The van der Waals surface area contributed by atoms with E-state index in [4.69, 9.17) is 27.9 Å². The molecule has 0 radical (unpaired) electrons. The quantitative estimate of drug-likeness (QED) is 0.125. The van der Waals surface area contributed by atoms with Crippen molar-refractivity contribution in [3.8, 4) is 11.5 Å². The fourth-order valence-corrected chi connectivity index (χ4v) is 7.23. The van der Waals surface area contributed by atoms with E-state index in [1.807, 2.05) is 67.6 Å². The number of halogens is 2. The molecule has 258 valence electrons. The summed E-state index contributed by atoms with van der Waals surface area (Å²) >= 11 is 12.8. The molecule has 0 aliphatic heterocycles. The standard InChI is InChI=1S/C39H37Cl2N3O5S/c1-3-42-39(46)37(24-29-10-6-4-7-11-29)43(26-30-16-17-31(40)25-36(30)41)38(45)27-44(50(47,48)35-22-14-28(2)15-23-35)32-18-20-34(21-19-32)49-33-12-8-5-9-13-33/h4-23,25,37H,3,24,26-27H2,1-2H3,(H,42,46)/t37-/m0/s1. The summed E-state index contributed by atoms with van der Waals surface area (Å²) in [7, 11) is -4.27. The molecule has 0 aliphatic rings. The number of rotatable bonds is 14. The third kappa shape index (κ3) is 9.24. The van der Waals surface area contributed by atoms with E-state index in [9.17, 15) is 18.0 Å². The van der Waals surface area contributed by atoms with E-state index in [0.717, 1.165) is 15.4 Å². The van der Waals surface area contributed by atoms with E-state index in [2.05, 4.69) is 5.32 Å². The molecule has 0 fully saturated rings. The van der Waals surface area contributed by atoms with Crippen molar-refractivity contribution in [1.82, 2.24) is 10.2 Å². The number of hydrogen-bond donors (Lipinski definition) is 1. The summed E-state index contributed by atoms with van der Waals surface area (Å²) in [4.78, 5) is 29.7. The van der Waals surface area contributed by atoms with E-state index in [1.165, 1.54) is 17.0 Å². The molecule has 0 aliphatic carbocycles. The van der Waals surface area contributed by atoms with Crippen LogP contribution < -0.4 is 14.4 Å². The molecule has 5 rings (SSSR count). The summed E-state index contributed by atoms with van der Waals surface area (Å²) in [5.74, 6) is 0.108. The number of nitrogens with one attached hydrogen (secondary N) is 1. The molecule has 5 aromatic carbocycles. The number of benzene rings is 5. The lowest BCUT2D eigenvalue weighted by Crippen LogP contribution is -2.53. The molecule has 8 nitrogen and oxygen atoms in total. The number of sulfonamides is 1. The Kier molecular flexibility index (Phi) is 12.2. The van der Waals surface area contributed by atoms with Crippen molar-refractivity contribution in [3.05, 3.63) is 154 Å². The number of nitrogens with zero attached hydrogens (tertiary/aromatic N) is 2. The summed E-state index contributed by atoms with van der Waals surface area (Å²) in [6.07, 6.45) is 0.180. The number of anilines is 1. The highest BCUT2D eigenvalue weighted by molar-refractivity contribution is 7.92. The van der Waals surface area contributed by atoms with Crippen molar-refractivity contribution in [1.29, 1.82) is 0 Å². The predicted octanol–water partition coefficient (Wildman–Crippen LogP) is 8.07. The van der Waals surface area contributed by atoms with E-state index in [1.54, 1.807) is 61.5 Å². The minimum absolute atomic E-state index is 0.0115. The van der Waals surface area contributed by atoms with Gasteiger partial charge in [-0.25, -0.2) is 8.42 Å². The Hall–Kier alpha value is -4.83. The van der Waals surface area contributed by atoms with Gasteiger partial charge in [0.1, 0.15) is 24.1 Å². The summed E-state index contributed by atoms with van der Waals surface area (Å²) in [5.41, 5.74) is 2.48. The lowest BCUT2D eigenvalue weighted by molar-refractivity contribution is -0.140. The number of para-hydroxylation sites is 1. The van der Waals surface area contributed by atoms with Gasteiger partial charge in [0, 0.05) is 29.6 Å². The molecule has 11 heteroatoms. The molecular formula is C39H37Cl2N3O5S. The van der Waals surface area contributed by atoms with Crippen molar-refractivity contribution in [2.75, 3.05) is 17.4 Å². The van der Waals surface area contributed by atoms with Crippen LogP contribution in [0.3, 0.4) is 0 Å². The van der Waals surface area contributed by atoms with Crippen LogP contribution in [0.15, 0.2) is 132 Å². The first-order valence-corrected chi connectivity index (χ1v) is 18.2. The number of amides is 2. The van der Waals surface area contributed by atoms with Gasteiger partial charge >= 0.3 is 0 Å². The van der Waals surface area contributed by atoms with Crippen LogP contribution in [0.25, 0.3) is 0 Å². The Balaban J connectivity index is 1.56. The maximum Gasteiger partial charge on any atom is 0.264 e. The molecule has 1 atom stereocenters. The zero-order valence-corrected chi connectivity index (χ0v) is 30.0. The summed E-state index contributed by atoms with van der Waals surface area (Å²) in [5, 5.41) is 3.57. The highest BCUT2D eigenvalue weighted by Crippen LogP contribution is 2.30. The van der Waals surface area contributed by atoms with Gasteiger partial charge < -0.3 is 15.0 Å². The van der Waals surface area contributed by atoms with Crippen molar-refractivity contribution in [3.63, 3.8) is 0 Å². The predicted molar refractivity (Wildman–Crippen MR) is 198 cm³/mol. The van der Waals surface area contributed by atoms with Crippen LogP contribution in [0, 0.1) is 6.92 Å². The lowest BCUT2D eigenvalue weighted by atomic mass is 10.0. The highest BCUT2D eigenvalue weighted by Gasteiger charge is 2.35. The zero-order valence-electron chi connectivity index (χ0n) is 27.6. The zero-order chi connectivity index (χ0) is 35.7. The maximum atomic E-state index is 14.6. The number of aryl methyl sites for hydroxylation is 1. The fourth-order valence-electron chi connectivity index (χ4n) is 5.35. The van der Waals surface area contributed by atoms with Crippen molar-refractivity contribution in [2.45, 2.75) is 37.8 Å². The fraction of sp³-hybridized carbons (Fsp3) is 0.179. The van der Waals surface area contributed by atoms with Crippen molar-refractivity contribution in [2.24, 2.45) is 0 Å². The van der Waals surface area contributed by atoms with Crippen LogP contribution >= 0.6 is 23.2 Å². The second kappa shape index (κ2) is 16.7. The largest absolute Gasteiger partial charge is 0.457 e. The third-order valence-electron chi connectivity index (χ3n) is 7.97. The number of ether oxygens (including phenoxy) is 1. The Morgan fingerprint density at radius 2 is 1.42 bits per heavy atom. The van der Waals surface area contributed by atoms with Gasteiger partial charge in [-0.2, -0.15) is 0 Å². The van der Waals surface area contributed by atoms with Crippen LogP contribution in [0.1, 0.15) is 23.6 Å².